The van der Waals surface area contributed by atoms with E-state index >= 15 is 0 Å². The third kappa shape index (κ3) is 9.42. The lowest BCUT2D eigenvalue weighted by atomic mass is 9.76. The summed E-state index contributed by atoms with van der Waals surface area (Å²) in [7, 11) is 0. The van der Waals surface area contributed by atoms with E-state index in [2.05, 4.69) is 16.1 Å². The van der Waals surface area contributed by atoms with Crippen molar-refractivity contribution in [3.8, 4) is 0 Å². The van der Waals surface area contributed by atoms with Gasteiger partial charge < -0.3 is 20.2 Å². The highest BCUT2D eigenvalue weighted by molar-refractivity contribution is 6.30. The number of ether oxygens (including phenoxy) is 1. The smallest absolute Gasteiger partial charge is 0.408 e. The first kappa shape index (κ1) is 34.2. The molecular formula is C34H43ClFN3O6. The second-order valence-electron chi connectivity index (χ2n) is 12.8. The zero-order valence-electron chi connectivity index (χ0n) is 26.1. The average Bonchev–Trinajstić information content (AvgIpc) is 3.45. The molecule has 0 radical (unpaired) electrons. The number of benzene rings is 2. The van der Waals surface area contributed by atoms with Crippen molar-refractivity contribution >= 4 is 35.5 Å². The van der Waals surface area contributed by atoms with E-state index in [4.69, 9.17) is 21.2 Å². The number of rotatable bonds is 11. The van der Waals surface area contributed by atoms with Crippen LogP contribution in [0.5, 0.6) is 0 Å². The highest BCUT2D eigenvalue weighted by Gasteiger charge is 2.38. The molecule has 3 amide bonds. The lowest BCUT2D eigenvalue weighted by Crippen LogP contribution is -2.49. The van der Waals surface area contributed by atoms with E-state index in [1.165, 1.54) is 12.1 Å². The highest BCUT2D eigenvalue weighted by Crippen LogP contribution is 2.40. The Hall–Kier alpha value is -3.66. The molecule has 1 saturated heterocycles. The van der Waals surface area contributed by atoms with Crippen molar-refractivity contribution < 1.29 is 33.1 Å². The molecule has 2 fully saturated rings. The maximum Gasteiger partial charge on any atom is 0.408 e. The molecule has 1 aliphatic heterocycles. The third-order valence-electron chi connectivity index (χ3n) is 9.06. The van der Waals surface area contributed by atoms with E-state index in [9.17, 15) is 23.6 Å². The summed E-state index contributed by atoms with van der Waals surface area (Å²) in [6.45, 7) is 6.15. The summed E-state index contributed by atoms with van der Waals surface area (Å²) in [6.07, 6.45) is 4.25. The fraction of sp³-hybridized carbons (Fsp3) is 0.529. The first-order chi connectivity index (χ1) is 21.4. The number of hydrogen-bond donors (Lipinski definition) is 3. The van der Waals surface area contributed by atoms with Crippen molar-refractivity contribution in [3.05, 3.63) is 70.5 Å². The number of hydrogen-bond acceptors (Lipinski definition) is 6. The Morgan fingerprint density at radius 3 is 2.42 bits per heavy atom. The van der Waals surface area contributed by atoms with Crippen LogP contribution < -0.4 is 16.1 Å². The second-order valence-corrected chi connectivity index (χ2v) is 13.3. The maximum absolute atomic E-state index is 13.8. The SMILES string of the molecule is CC(CC(=O)ONC(=O)[C@H](CC1CCCCC1)NC(=O)OC(c1ccc(F)cc1)C(C)(C)c1cccc(Cl)c1)[C@@H]1CCNC1=O. The number of nitrogens with one attached hydrogen (secondary N) is 3. The molecular weight excluding hydrogens is 601 g/mol. The molecule has 1 aliphatic carbocycles. The molecule has 11 heteroatoms. The molecule has 3 N–H and O–H groups in total. The molecule has 1 heterocycles. The van der Waals surface area contributed by atoms with Gasteiger partial charge >= 0.3 is 12.1 Å². The first-order valence-corrected chi connectivity index (χ1v) is 16.1. The summed E-state index contributed by atoms with van der Waals surface area (Å²) in [5.74, 6) is -2.21. The number of amides is 3. The maximum atomic E-state index is 13.8. The van der Waals surface area contributed by atoms with Gasteiger partial charge in [-0.25, -0.2) is 14.0 Å². The minimum Gasteiger partial charge on any atom is -0.440 e. The Morgan fingerprint density at radius 1 is 1.07 bits per heavy atom. The molecule has 2 unspecified atom stereocenters. The lowest BCUT2D eigenvalue weighted by Gasteiger charge is -2.35. The molecule has 9 nitrogen and oxygen atoms in total. The summed E-state index contributed by atoms with van der Waals surface area (Å²) in [6, 6.07) is 11.9. The first-order valence-electron chi connectivity index (χ1n) is 15.7. The summed E-state index contributed by atoms with van der Waals surface area (Å²) in [5.41, 5.74) is 2.78. The Kier molecular flexibility index (Phi) is 11.8. The van der Waals surface area contributed by atoms with Crippen molar-refractivity contribution in [2.24, 2.45) is 17.8 Å². The van der Waals surface area contributed by atoms with Gasteiger partial charge in [-0.1, -0.05) is 88.7 Å². The van der Waals surface area contributed by atoms with Crippen LogP contribution in [-0.2, 0) is 29.4 Å². The Labute approximate surface area is 268 Å². The van der Waals surface area contributed by atoms with Crippen molar-refractivity contribution in [2.75, 3.05) is 6.54 Å². The second kappa shape index (κ2) is 15.6. The third-order valence-corrected chi connectivity index (χ3v) is 9.29. The molecule has 2 aliphatic rings. The van der Waals surface area contributed by atoms with Gasteiger partial charge in [-0.15, -0.1) is 0 Å². The van der Waals surface area contributed by atoms with Crippen LogP contribution in [0.3, 0.4) is 0 Å². The van der Waals surface area contributed by atoms with Crippen LogP contribution in [0.4, 0.5) is 9.18 Å². The van der Waals surface area contributed by atoms with Gasteiger partial charge in [-0.2, -0.15) is 5.48 Å². The van der Waals surface area contributed by atoms with Gasteiger partial charge in [0.25, 0.3) is 5.91 Å². The average molecular weight is 644 g/mol. The monoisotopic (exact) mass is 643 g/mol. The molecule has 0 bridgehead atoms. The van der Waals surface area contributed by atoms with Gasteiger partial charge in [0.1, 0.15) is 18.0 Å². The fourth-order valence-corrected chi connectivity index (χ4v) is 6.55. The highest BCUT2D eigenvalue weighted by atomic mass is 35.5. The van der Waals surface area contributed by atoms with Crippen molar-refractivity contribution in [1.82, 2.24) is 16.1 Å². The molecule has 1 saturated carbocycles. The zero-order chi connectivity index (χ0) is 32.6. The standard InChI is InChI=1S/C34H43ClFN3O6/c1-21(27-16-17-37-31(27)41)18-29(40)45-39-32(42)28(19-22-8-5-4-6-9-22)38-33(43)44-30(23-12-14-26(36)15-13-23)34(2,3)24-10-7-11-25(35)20-24/h7,10-15,20-22,27-28,30H,4-6,8-9,16-19H2,1-3H3,(H,37,41)(H,38,43)(H,39,42)/t21?,27-,28-,30?/m0/s1. The Balaban J connectivity index is 1.47. The molecule has 244 valence electrons. The normalized spacial score (nSPS) is 19.1. The van der Waals surface area contributed by atoms with Crippen LogP contribution in [-0.4, -0.2) is 36.5 Å². The van der Waals surface area contributed by atoms with Crippen molar-refractivity contribution in [3.63, 3.8) is 0 Å². The van der Waals surface area contributed by atoms with Gasteiger partial charge in [-0.05, 0) is 60.1 Å². The molecule has 0 aromatic heterocycles. The quantitative estimate of drug-likeness (QED) is 0.247. The molecule has 0 spiro atoms. The number of carbonyl (C=O) groups is 4. The van der Waals surface area contributed by atoms with E-state index in [0.717, 1.165) is 37.7 Å². The summed E-state index contributed by atoms with van der Waals surface area (Å²) in [5, 5.41) is 5.98. The van der Waals surface area contributed by atoms with E-state index in [1.807, 2.05) is 19.9 Å². The fourth-order valence-electron chi connectivity index (χ4n) is 6.36. The minimum absolute atomic E-state index is 0.0426. The Bertz CT molecular complexity index is 1350. The van der Waals surface area contributed by atoms with Gasteiger partial charge in [0.2, 0.25) is 5.91 Å². The van der Waals surface area contributed by atoms with Gasteiger partial charge in [-0.3, -0.25) is 9.59 Å². The van der Waals surface area contributed by atoms with Crippen molar-refractivity contribution in [2.45, 2.75) is 89.7 Å². The zero-order valence-corrected chi connectivity index (χ0v) is 26.8. The summed E-state index contributed by atoms with van der Waals surface area (Å²) < 4.78 is 19.8. The molecule has 4 atom stereocenters. The largest absolute Gasteiger partial charge is 0.440 e. The number of alkyl carbamates (subject to hydrolysis) is 1. The predicted molar refractivity (Wildman–Crippen MR) is 167 cm³/mol. The number of carbonyl (C=O) groups excluding carboxylic acids is 4. The summed E-state index contributed by atoms with van der Waals surface area (Å²) in [4.78, 5) is 56.4. The molecule has 2 aromatic rings. The van der Waals surface area contributed by atoms with Gasteiger partial charge in [0.15, 0.2) is 0 Å². The predicted octanol–water partition coefficient (Wildman–Crippen LogP) is 6.30. The van der Waals surface area contributed by atoms with E-state index in [0.29, 0.717) is 30.0 Å². The van der Waals surface area contributed by atoms with E-state index < -0.39 is 41.3 Å². The van der Waals surface area contributed by atoms with Crippen LogP contribution >= 0.6 is 11.6 Å². The number of halogens is 2. The van der Waals surface area contributed by atoms with E-state index in [1.54, 1.807) is 37.3 Å². The molecule has 2 aromatic carbocycles. The van der Waals surface area contributed by atoms with Gasteiger partial charge in [0.05, 0.1) is 6.42 Å². The van der Waals surface area contributed by atoms with Crippen LogP contribution in [0.25, 0.3) is 0 Å². The molecule has 4 rings (SSSR count). The summed E-state index contributed by atoms with van der Waals surface area (Å²) >= 11 is 6.28. The van der Waals surface area contributed by atoms with Gasteiger partial charge in [0, 0.05) is 22.9 Å². The topological polar surface area (TPSA) is 123 Å². The van der Waals surface area contributed by atoms with E-state index in [-0.39, 0.29) is 30.1 Å². The number of hydroxylamine groups is 1. The van der Waals surface area contributed by atoms with Crippen molar-refractivity contribution in [1.29, 1.82) is 0 Å². The van der Waals surface area contributed by atoms with Crippen LogP contribution in [0.15, 0.2) is 48.5 Å². The minimum atomic E-state index is -1.03. The Morgan fingerprint density at radius 2 is 1.78 bits per heavy atom. The lowest BCUT2D eigenvalue weighted by molar-refractivity contribution is -0.160. The molecule has 45 heavy (non-hydrogen) atoms. The van der Waals surface area contributed by atoms with Crippen LogP contribution in [0, 0.1) is 23.6 Å². The van der Waals surface area contributed by atoms with Crippen LogP contribution in [0.1, 0.15) is 89.4 Å². The van der Waals surface area contributed by atoms with Crippen LogP contribution in [0.2, 0.25) is 5.02 Å².